The van der Waals surface area contributed by atoms with E-state index in [4.69, 9.17) is 23.8 Å². The number of hydrogen-bond donors (Lipinski definition) is 2. The van der Waals surface area contributed by atoms with Crippen LogP contribution in [-0.4, -0.2) is 5.11 Å². The maximum absolute atomic E-state index is 6.13. The molecule has 2 nitrogen and oxygen atoms in total. The summed E-state index contributed by atoms with van der Waals surface area (Å²) in [6.45, 7) is 1.99. The molecular weight excluding hydrogens is 264 g/mol. The molecule has 2 aromatic carbocycles. The maximum Gasteiger partial charge on any atom is 0.175 e. The number of para-hydroxylation sites is 2. The highest BCUT2D eigenvalue weighted by atomic mass is 35.5. The fourth-order valence-corrected chi connectivity index (χ4v) is 2.08. The monoisotopic (exact) mass is 276 g/mol. The lowest BCUT2D eigenvalue weighted by Gasteiger charge is -2.13. The molecule has 0 saturated carbocycles. The Labute approximate surface area is 117 Å². The van der Waals surface area contributed by atoms with Gasteiger partial charge in [-0.1, -0.05) is 41.9 Å². The normalized spacial score (nSPS) is 9.89. The fourth-order valence-electron chi connectivity index (χ4n) is 1.59. The van der Waals surface area contributed by atoms with E-state index in [1.165, 1.54) is 0 Å². The zero-order valence-electron chi connectivity index (χ0n) is 9.91. The van der Waals surface area contributed by atoms with Crippen molar-refractivity contribution in [2.24, 2.45) is 0 Å². The van der Waals surface area contributed by atoms with Crippen LogP contribution >= 0.6 is 23.8 Å². The van der Waals surface area contributed by atoms with Crippen molar-refractivity contribution in [3.8, 4) is 0 Å². The molecule has 0 radical (unpaired) electrons. The van der Waals surface area contributed by atoms with Gasteiger partial charge in [-0.05, 0) is 42.9 Å². The summed E-state index contributed by atoms with van der Waals surface area (Å²) in [4.78, 5) is 0. The van der Waals surface area contributed by atoms with Crippen molar-refractivity contribution in [1.82, 2.24) is 0 Å². The van der Waals surface area contributed by atoms with E-state index in [1.54, 1.807) is 0 Å². The summed E-state index contributed by atoms with van der Waals surface area (Å²) in [7, 11) is 0. The molecule has 0 atom stereocenters. The first-order valence-electron chi connectivity index (χ1n) is 5.55. The first-order valence-corrected chi connectivity index (χ1v) is 6.33. The molecule has 2 rings (SSSR count). The average molecular weight is 277 g/mol. The largest absolute Gasteiger partial charge is 0.332 e. The van der Waals surface area contributed by atoms with Crippen molar-refractivity contribution in [3.05, 3.63) is 59.1 Å². The lowest BCUT2D eigenvalue weighted by atomic mass is 10.2. The van der Waals surface area contributed by atoms with Crippen LogP contribution in [0, 0.1) is 6.92 Å². The van der Waals surface area contributed by atoms with Gasteiger partial charge in [-0.25, -0.2) is 0 Å². The minimum atomic E-state index is 0.525. The van der Waals surface area contributed by atoms with Crippen LogP contribution in [0.25, 0.3) is 0 Å². The zero-order valence-corrected chi connectivity index (χ0v) is 11.5. The summed E-state index contributed by atoms with van der Waals surface area (Å²) < 4.78 is 0. The molecule has 2 N–H and O–H groups in total. The van der Waals surface area contributed by atoms with Gasteiger partial charge in [0.2, 0.25) is 0 Å². The average Bonchev–Trinajstić information content (AvgIpc) is 2.35. The topological polar surface area (TPSA) is 24.1 Å². The molecule has 0 fully saturated rings. The number of thiocarbonyl (C=S) groups is 1. The zero-order chi connectivity index (χ0) is 13.0. The first kappa shape index (κ1) is 12.9. The molecule has 0 aliphatic rings. The molecular formula is C14H13ClN2S. The van der Waals surface area contributed by atoms with Crippen molar-refractivity contribution in [1.29, 1.82) is 0 Å². The minimum absolute atomic E-state index is 0.525. The molecule has 0 aliphatic heterocycles. The second-order valence-corrected chi connectivity index (χ2v) is 4.69. The van der Waals surface area contributed by atoms with E-state index in [9.17, 15) is 0 Å². The molecule has 92 valence electrons. The third-order valence-electron chi connectivity index (χ3n) is 2.49. The van der Waals surface area contributed by atoms with E-state index in [1.807, 2.05) is 55.5 Å². The number of rotatable bonds is 2. The minimum Gasteiger partial charge on any atom is -0.332 e. The highest BCUT2D eigenvalue weighted by Crippen LogP contribution is 2.25. The predicted octanol–water partition coefficient (Wildman–Crippen LogP) is 4.46. The van der Waals surface area contributed by atoms with Crippen molar-refractivity contribution in [2.45, 2.75) is 6.92 Å². The molecule has 0 bridgehead atoms. The van der Waals surface area contributed by atoms with Crippen LogP contribution in [0.1, 0.15) is 5.56 Å². The Morgan fingerprint density at radius 1 is 1.00 bits per heavy atom. The number of aryl methyl sites for hydroxylation is 1. The van der Waals surface area contributed by atoms with Gasteiger partial charge in [0.05, 0.1) is 10.7 Å². The molecule has 2 aromatic rings. The molecule has 0 heterocycles. The highest BCUT2D eigenvalue weighted by molar-refractivity contribution is 7.80. The SMILES string of the molecule is Cc1cccc(Cl)c1NC(=S)Nc1ccccc1. The van der Waals surface area contributed by atoms with Gasteiger partial charge in [0.25, 0.3) is 0 Å². The lowest BCUT2D eigenvalue weighted by molar-refractivity contribution is 1.45. The number of benzene rings is 2. The molecule has 0 aliphatic carbocycles. The standard InChI is InChI=1S/C14H13ClN2S/c1-10-6-5-9-12(15)13(10)17-14(18)16-11-7-3-2-4-8-11/h2-9H,1H3,(H2,16,17,18). The van der Waals surface area contributed by atoms with Crippen LogP contribution in [0.4, 0.5) is 11.4 Å². The van der Waals surface area contributed by atoms with E-state index < -0.39 is 0 Å². The molecule has 4 heteroatoms. The van der Waals surface area contributed by atoms with E-state index in [0.717, 1.165) is 16.9 Å². The number of hydrogen-bond acceptors (Lipinski definition) is 1. The second-order valence-electron chi connectivity index (χ2n) is 3.88. The van der Waals surface area contributed by atoms with Gasteiger partial charge in [0.1, 0.15) is 0 Å². The Bertz CT molecular complexity index is 535. The Morgan fingerprint density at radius 2 is 1.72 bits per heavy atom. The highest BCUT2D eigenvalue weighted by Gasteiger charge is 2.05. The van der Waals surface area contributed by atoms with Gasteiger partial charge in [-0.2, -0.15) is 0 Å². The Morgan fingerprint density at radius 3 is 2.39 bits per heavy atom. The van der Waals surface area contributed by atoms with Crippen LogP contribution in [0.5, 0.6) is 0 Å². The third-order valence-corrected chi connectivity index (χ3v) is 3.01. The summed E-state index contributed by atoms with van der Waals surface area (Å²) in [5.41, 5.74) is 2.84. The van der Waals surface area contributed by atoms with Gasteiger partial charge in [-0.3, -0.25) is 0 Å². The summed E-state index contributed by atoms with van der Waals surface area (Å²) in [5.74, 6) is 0. The number of anilines is 2. The smallest absolute Gasteiger partial charge is 0.175 e. The molecule has 0 saturated heterocycles. The number of halogens is 1. The summed E-state index contributed by atoms with van der Waals surface area (Å²) in [6, 6.07) is 15.5. The van der Waals surface area contributed by atoms with Crippen molar-refractivity contribution >= 4 is 40.3 Å². The Hall–Kier alpha value is -1.58. The van der Waals surface area contributed by atoms with Crippen LogP contribution < -0.4 is 10.6 Å². The lowest BCUT2D eigenvalue weighted by Crippen LogP contribution is -2.19. The maximum atomic E-state index is 6.13. The summed E-state index contributed by atoms with van der Waals surface area (Å²) >= 11 is 11.4. The van der Waals surface area contributed by atoms with Gasteiger partial charge >= 0.3 is 0 Å². The van der Waals surface area contributed by atoms with Gasteiger partial charge in [-0.15, -0.1) is 0 Å². The molecule has 0 unspecified atom stereocenters. The van der Waals surface area contributed by atoms with Crippen LogP contribution in [0.3, 0.4) is 0 Å². The van der Waals surface area contributed by atoms with Gasteiger partial charge < -0.3 is 10.6 Å². The van der Waals surface area contributed by atoms with Crippen LogP contribution in [-0.2, 0) is 0 Å². The van der Waals surface area contributed by atoms with E-state index in [-0.39, 0.29) is 0 Å². The van der Waals surface area contributed by atoms with Crippen molar-refractivity contribution in [3.63, 3.8) is 0 Å². The first-order chi connectivity index (χ1) is 8.66. The van der Waals surface area contributed by atoms with Crippen LogP contribution in [0.15, 0.2) is 48.5 Å². The van der Waals surface area contributed by atoms with Crippen molar-refractivity contribution < 1.29 is 0 Å². The van der Waals surface area contributed by atoms with Crippen LogP contribution in [0.2, 0.25) is 5.02 Å². The van der Waals surface area contributed by atoms with Crippen molar-refractivity contribution in [2.75, 3.05) is 10.6 Å². The van der Waals surface area contributed by atoms with E-state index in [2.05, 4.69) is 10.6 Å². The Balaban J connectivity index is 2.08. The molecule has 0 aromatic heterocycles. The molecule has 0 amide bonds. The second kappa shape index (κ2) is 5.85. The summed E-state index contributed by atoms with van der Waals surface area (Å²) in [6.07, 6.45) is 0. The predicted molar refractivity (Wildman–Crippen MR) is 82.5 cm³/mol. The van der Waals surface area contributed by atoms with E-state index in [0.29, 0.717) is 10.1 Å². The van der Waals surface area contributed by atoms with Gasteiger partial charge in [0, 0.05) is 5.69 Å². The van der Waals surface area contributed by atoms with E-state index >= 15 is 0 Å². The molecule has 18 heavy (non-hydrogen) atoms. The van der Waals surface area contributed by atoms with Gasteiger partial charge in [0.15, 0.2) is 5.11 Å². The summed E-state index contributed by atoms with van der Waals surface area (Å²) in [5, 5.41) is 7.41. The molecule has 0 spiro atoms. The number of nitrogens with one attached hydrogen (secondary N) is 2. The Kier molecular flexibility index (Phi) is 4.18. The fraction of sp³-hybridized carbons (Fsp3) is 0.0714. The third kappa shape index (κ3) is 3.22. The quantitative estimate of drug-likeness (QED) is 0.792.